The first kappa shape index (κ1) is 11.3. The summed E-state index contributed by atoms with van der Waals surface area (Å²) < 4.78 is 1.97. The SMILES string of the molecule is Cc1cnn(CC(C)NCc2cscn2)c1. The van der Waals surface area contributed by atoms with Gasteiger partial charge in [-0.25, -0.2) is 4.98 Å². The summed E-state index contributed by atoms with van der Waals surface area (Å²) in [7, 11) is 0. The quantitative estimate of drug-likeness (QED) is 0.861. The van der Waals surface area contributed by atoms with Gasteiger partial charge in [-0.2, -0.15) is 5.10 Å². The largest absolute Gasteiger partial charge is 0.307 e. The zero-order chi connectivity index (χ0) is 11.4. The van der Waals surface area contributed by atoms with Crippen molar-refractivity contribution in [3.8, 4) is 0 Å². The Labute approximate surface area is 99.3 Å². The molecule has 5 heteroatoms. The van der Waals surface area contributed by atoms with Crippen LogP contribution in [0.5, 0.6) is 0 Å². The highest BCUT2D eigenvalue weighted by Crippen LogP contribution is 2.01. The molecule has 0 amide bonds. The number of nitrogens with zero attached hydrogens (tertiary/aromatic N) is 3. The third-order valence-corrected chi connectivity index (χ3v) is 2.97. The van der Waals surface area contributed by atoms with Crippen LogP contribution in [0.4, 0.5) is 0 Å². The van der Waals surface area contributed by atoms with Crippen molar-refractivity contribution >= 4 is 11.3 Å². The summed E-state index contributed by atoms with van der Waals surface area (Å²) in [6.45, 7) is 5.92. The molecule has 1 unspecified atom stereocenters. The van der Waals surface area contributed by atoms with Crippen LogP contribution in [0.2, 0.25) is 0 Å². The molecule has 1 N–H and O–H groups in total. The number of thiazole rings is 1. The molecule has 2 heterocycles. The molecule has 0 fully saturated rings. The van der Waals surface area contributed by atoms with E-state index in [4.69, 9.17) is 0 Å². The zero-order valence-corrected chi connectivity index (χ0v) is 10.4. The van der Waals surface area contributed by atoms with Crippen LogP contribution < -0.4 is 5.32 Å². The lowest BCUT2D eigenvalue weighted by atomic mass is 10.3. The molecule has 1 atom stereocenters. The van der Waals surface area contributed by atoms with Gasteiger partial charge < -0.3 is 5.32 Å². The van der Waals surface area contributed by atoms with Crippen LogP contribution in [0.3, 0.4) is 0 Å². The number of rotatable bonds is 5. The zero-order valence-electron chi connectivity index (χ0n) is 9.55. The van der Waals surface area contributed by atoms with Crippen molar-refractivity contribution in [1.29, 1.82) is 0 Å². The standard InChI is InChI=1S/C11H16N4S/c1-9-3-14-15(5-9)6-10(2)12-4-11-7-16-8-13-11/h3,5,7-8,10,12H,4,6H2,1-2H3. The highest BCUT2D eigenvalue weighted by Gasteiger charge is 2.04. The molecular weight excluding hydrogens is 220 g/mol. The van der Waals surface area contributed by atoms with E-state index in [-0.39, 0.29) is 0 Å². The Morgan fingerprint density at radius 2 is 2.44 bits per heavy atom. The smallest absolute Gasteiger partial charge is 0.0795 e. The Hall–Kier alpha value is -1.20. The lowest BCUT2D eigenvalue weighted by Gasteiger charge is -2.12. The molecule has 0 saturated heterocycles. The fourth-order valence-electron chi connectivity index (χ4n) is 1.52. The van der Waals surface area contributed by atoms with Gasteiger partial charge in [0.25, 0.3) is 0 Å². The van der Waals surface area contributed by atoms with Gasteiger partial charge in [0, 0.05) is 24.2 Å². The molecule has 0 aromatic carbocycles. The molecule has 4 nitrogen and oxygen atoms in total. The molecule has 2 rings (SSSR count). The number of aryl methyl sites for hydroxylation is 1. The van der Waals surface area contributed by atoms with Gasteiger partial charge in [-0.05, 0) is 19.4 Å². The predicted molar refractivity (Wildman–Crippen MR) is 65.4 cm³/mol. The Morgan fingerprint density at radius 3 is 3.06 bits per heavy atom. The van der Waals surface area contributed by atoms with E-state index in [1.54, 1.807) is 11.3 Å². The normalized spacial score (nSPS) is 12.9. The third kappa shape index (κ3) is 3.15. The number of nitrogens with one attached hydrogen (secondary N) is 1. The molecule has 0 aliphatic rings. The van der Waals surface area contributed by atoms with Crippen LogP contribution in [0.1, 0.15) is 18.2 Å². The minimum atomic E-state index is 0.390. The van der Waals surface area contributed by atoms with E-state index >= 15 is 0 Å². The molecule has 0 bridgehead atoms. The number of hydrogen-bond donors (Lipinski definition) is 1. The predicted octanol–water partition coefficient (Wildman–Crippen LogP) is 1.83. The molecular formula is C11H16N4S. The molecule has 0 radical (unpaired) electrons. The summed E-state index contributed by atoms with van der Waals surface area (Å²) in [4.78, 5) is 4.23. The van der Waals surface area contributed by atoms with Gasteiger partial charge in [0.15, 0.2) is 0 Å². The van der Waals surface area contributed by atoms with Crippen molar-refractivity contribution in [1.82, 2.24) is 20.1 Å². The summed E-state index contributed by atoms with van der Waals surface area (Å²) in [5.41, 5.74) is 4.17. The monoisotopic (exact) mass is 236 g/mol. The molecule has 2 aromatic heterocycles. The molecule has 2 aromatic rings. The number of aromatic nitrogens is 3. The second-order valence-corrected chi connectivity index (χ2v) is 4.72. The molecule has 16 heavy (non-hydrogen) atoms. The van der Waals surface area contributed by atoms with Crippen molar-refractivity contribution in [2.24, 2.45) is 0 Å². The maximum atomic E-state index is 4.26. The van der Waals surface area contributed by atoms with Crippen molar-refractivity contribution < 1.29 is 0 Å². The fraction of sp³-hybridized carbons (Fsp3) is 0.455. The van der Waals surface area contributed by atoms with Gasteiger partial charge in [-0.1, -0.05) is 0 Å². The Bertz CT molecular complexity index is 421. The van der Waals surface area contributed by atoms with E-state index in [0.717, 1.165) is 18.8 Å². The van der Waals surface area contributed by atoms with Gasteiger partial charge in [-0.15, -0.1) is 11.3 Å². The lowest BCUT2D eigenvalue weighted by molar-refractivity contribution is 0.449. The summed E-state index contributed by atoms with van der Waals surface area (Å²) >= 11 is 1.63. The maximum absolute atomic E-state index is 4.26. The summed E-state index contributed by atoms with van der Waals surface area (Å²) in [6.07, 6.45) is 3.94. The van der Waals surface area contributed by atoms with Gasteiger partial charge in [-0.3, -0.25) is 4.68 Å². The number of hydrogen-bond acceptors (Lipinski definition) is 4. The van der Waals surface area contributed by atoms with Gasteiger partial charge in [0.1, 0.15) is 0 Å². The van der Waals surface area contributed by atoms with E-state index in [2.05, 4.69) is 40.8 Å². The average molecular weight is 236 g/mol. The molecule has 0 aliphatic carbocycles. The second kappa shape index (κ2) is 5.23. The minimum Gasteiger partial charge on any atom is -0.307 e. The fourth-order valence-corrected chi connectivity index (χ4v) is 2.07. The second-order valence-electron chi connectivity index (χ2n) is 4.00. The van der Waals surface area contributed by atoms with E-state index in [9.17, 15) is 0 Å². The van der Waals surface area contributed by atoms with E-state index in [0.29, 0.717) is 6.04 Å². The molecule has 86 valence electrons. The van der Waals surface area contributed by atoms with E-state index in [1.807, 2.05) is 16.4 Å². The van der Waals surface area contributed by atoms with Gasteiger partial charge >= 0.3 is 0 Å². The van der Waals surface area contributed by atoms with Crippen LogP contribution in [-0.2, 0) is 13.1 Å². The van der Waals surface area contributed by atoms with Crippen LogP contribution in [0, 0.1) is 6.92 Å². The summed E-state index contributed by atoms with van der Waals surface area (Å²) in [6, 6.07) is 0.390. The minimum absolute atomic E-state index is 0.390. The van der Waals surface area contributed by atoms with Crippen molar-refractivity contribution in [3.63, 3.8) is 0 Å². The van der Waals surface area contributed by atoms with Crippen molar-refractivity contribution in [3.05, 3.63) is 34.5 Å². The summed E-state index contributed by atoms with van der Waals surface area (Å²) in [5.74, 6) is 0. The third-order valence-electron chi connectivity index (χ3n) is 2.34. The molecule has 0 aliphatic heterocycles. The van der Waals surface area contributed by atoms with Crippen LogP contribution in [0.25, 0.3) is 0 Å². The highest BCUT2D eigenvalue weighted by molar-refractivity contribution is 7.07. The Morgan fingerprint density at radius 1 is 1.56 bits per heavy atom. The van der Waals surface area contributed by atoms with Crippen LogP contribution in [-0.4, -0.2) is 20.8 Å². The first-order valence-corrected chi connectivity index (χ1v) is 6.28. The summed E-state index contributed by atoms with van der Waals surface area (Å²) in [5, 5.41) is 9.76. The highest BCUT2D eigenvalue weighted by atomic mass is 32.1. The van der Waals surface area contributed by atoms with E-state index < -0.39 is 0 Å². The topological polar surface area (TPSA) is 42.7 Å². The van der Waals surface area contributed by atoms with Gasteiger partial charge in [0.2, 0.25) is 0 Å². The molecule has 0 saturated carbocycles. The molecule has 0 spiro atoms. The van der Waals surface area contributed by atoms with Gasteiger partial charge in [0.05, 0.1) is 23.9 Å². The first-order valence-electron chi connectivity index (χ1n) is 5.33. The van der Waals surface area contributed by atoms with Crippen LogP contribution in [0.15, 0.2) is 23.3 Å². The Kier molecular flexibility index (Phi) is 3.69. The first-order chi connectivity index (χ1) is 7.74. The van der Waals surface area contributed by atoms with E-state index in [1.165, 1.54) is 5.56 Å². The average Bonchev–Trinajstić information content (AvgIpc) is 2.87. The maximum Gasteiger partial charge on any atom is 0.0795 e. The van der Waals surface area contributed by atoms with Crippen molar-refractivity contribution in [2.45, 2.75) is 33.0 Å². The Balaban J connectivity index is 1.78. The van der Waals surface area contributed by atoms with Crippen LogP contribution >= 0.6 is 11.3 Å². The van der Waals surface area contributed by atoms with Crippen molar-refractivity contribution in [2.75, 3.05) is 0 Å². The lowest BCUT2D eigenvalue weighted by Crippen LogP contribution is -2.30.